The molecular formula is C15H21NO5S. The number of hydrogen-bond acceptors (Lipinski definition) is 5. The molecule has 1 aromatic rings. The van der Waals surface area contributed by atoms with Gasteiger partial charge in [0.25, 0.3) is 5.91 Å². The minimum atomic E-state index is -3.31. The van der Waals surface area contributed by atoms with E-state index in [4.69, 9.17) is 0 Å². The predicted molar refractivity (Wildman–Crippen MR) is 82.3 cm³/mol. The number of methoxy groups -OCH3 is 1. The first-order valence-corrected chi connectivity index (χ1v) is 8.73. The topological polar surface area (TPSA) is 89.5 Å². The highest BCUT2D eigenvalue weighted by atomic mass is 32.2. The molecule has 0 spiro atoms. The van der Waals surface area contributed by atoms with Crippen LogP contribution in [0.5, 0.6) is 0 Å². The molecule has 6 nitrogen and oxygen atoms in total. The standard InChI is InChI=1S/C15H21NO5S/c1-10(2)9-13(15(18)21-3)16-14(17)11-5-7-12(8-6-11)22(4,19)20/h5-8,10,13H,9H2,1-4H3,(H,16,17)/t13-/m0/s1. The van der Waals surface area contributed by atoms with E-state index in [1.54, 1.807) is 0 Å². The van der Waals surface area contributed by atoms with E-state index in [0.717, 1.165) is 6.26 Å². The van der Waals surface area contributed by atoms with Crippen LogP contribution in [0, 0.1) is 5.92 Å². The number of rotatable bonds is 6. The fourth-order valence-electron chi connectivity index (χ4n) is 1.92. The Balaban J connectivity index is 2.88. The highest BCUT2D eigenvalue weighted by Gasteiger charge is 2.23. The summed E-state index contributed by atoms with van der Waals surface area (Å²) in [6, 6.07) is 4.82. The van der Waals surface area contributed by atoms with Gasteiger partial charge >= 0.3 is 5.97 Å². The summed E-state index contributed by atoms with van der Waals surface area (Å²) in [4.78, 5) is 24.0. The predicted octanol–water partition coefficient (Wildman–Crippen LogP) is 1.41. The molecule has 0 saturated heterocycles. The van der Waals surface area contributed by atoms with Crippen LogP contribution in [0.2, 0.25) is 0 Å². The fourth-order valence-corrected chi connectivity index (χ4v) is 2.55. The van der Waals surface area contributed by atoms with Crippen molar-refractivity contribution in [2.24, 2.45) is 5.92 Å². The Morgan fingerprint density at radius 1 is 1.18 bits per heavy atom. The molecule has 1 atom stereocenters. The molecule has 0 heterocycles. The molecule has 0 bridgehead atoms. The largest absolute Gasteiger partial charge is 0.467 e. The number of benzene rings is 1. The first-order chi connectivity index (χ1) is 10.1. The smallest absolute Gasteiger partial charge is 0.328 e. The quantitative estimate of drug-likeness (QED) is 0.798. The maximum atomic E-state index is 12.1. The van der Waals surface area contributed by atoms with Gasteiger partial charge in [-0.05, 0) is 36.6 Å². The van der Waals surface area contributed by atoms with E-state index < -0.39 is 27.8 Å². The van der Waals surface area contributed by atoms with Gasteiger partial charge in [0.15, 0.2) is 9.84 Å². The molecule has 0 aromatic heterocycles. The summed E-state index contributed by atoms with van der Waals surface area (Å²) in [7, 11) is -2.04. The lowest BCUT2D eigenvalue weighted by Gasteiger charge is -2.18. The zero-order valence-corrected chi connectivity index (χ0v) is 13.9. The molecule has 7 heteroatoms. The van der Waals surface area contributed by atoms with Gasteiger partial charge in [-0.3, -0.25) is 4.79 Å². The third kappa shape index (κ3) is 5.14. The van der Waals surface area contributed by atoms with Crippen molar-refractivity contribution in [2.75, 3.05) is 13.4 Å². The summed E-state index contributed by atoms with van der Waals surface area (Å²) in [5.41, 5.74) is 0.282. The molecular weight excluding hydrogens is 306 g/mol. The lowest BCUT2D eigenvalue weighted by atomic mass is 10.0. The van der Waals surface area contributed by atoms with Gasteiger partial charge in [0.05, 0.1) is 12.0 Å². The maximum Gasteiger partial charge on any atom is 0.328 e. The van der Waals surface area contributed by atoms with Crippen LogP contribution in [0.25, 0.3) is 0 Å². The van der Waals surface area contributed by atoms with Gasteiger partial charge in [-0.25, -0.2) is 13.2 Å². The molecule has 0 aliphatic rings. The van der Waals surface area contributed by atoms with Gasteiger partial charge < -0.3 is 10.1 Å². The lowest BCUT2D eigenvalue weighted by molar-refractivity contribution is -0.143. The number of nitrogens with one attached hydrogen (secondary N) is 1. The van der Waals surface area contributed by atoms with E-state index >= 15 is 0 Å². The third-order valence-corrected chi connectivity index (χ3v) is 4.17. The molecule has 122 valence electrons. The van der Waals surface area contributed by atoms with E-state index in [1.807, 2.05) is 13.8 Å². The normalized spacial score (nSPS) is 12.8. The Labute approximate surface area is 130 Å². The van der Waals surface area contributed by atoms with Crippen LogP contribution in [0.4, 0.5) is 0 Å². The molecule has 1 amide bonds. The minimum absolute atomic E-state index is 0.135. The van der Waals surface area contributed by atoms with E-state index in [0.29, 0.717) is 6.42 Å². The number of carbonyl (C=O) groups is 2. The van der Waals surface area contributed by atoms with Crippen molar-refractivity contribution in [1.29, 1.82) is 0 Å². The first-order valence-electron chi connectivity index (χ1n) is 6.84. The Kier molecular flexibility index (Phi) is 6.11. The van der Waals surface area contributed by atoms with Crippen LogP contribution in [0.1, 0.15) is 30.6 Å². The Hall–Kier alpha value is -1.89. The number of carbonyl (C=O) groups excluding carboxylic acids is 2. The van der Waals surface area contributed by atoms with Gasteiger partial charge in [-0.15, -0.1) is 0 Å². The van der Waals surface area contributed by atoms with Crippen molar-refractivity contribution in [3.63, 3.8) is 0 Å². The lowest BCUT2D eigenvalue weighted by Crippen LogP contribution is -2.42. The number of sulfone groups is 1. The Morgan fingerprint density at radius 3 is 2.14 bits per heavy atom. The van der Waals surface area contributed by atoms with E-state index in [1.165, 1.54) is 31.4 Å². The van der Waals surface area contributed by atoms with Crippen molar-refractivity contribution in [1.82, 2.24) is 5.32 Å². The molecule has 1 rings (SSSR count). The number of esters is 1. The van der Waals surface area contributed by atoms with Crippen LogP contribution in [-0.2, 0) is 19.4 Å². The number of amides is 1. The van der Waals surface area contributed by atoms with Crippen LogP contribution in [0.3, 0.4) is 0 Å². The van der Waals surface area contributed by atoms with Crippen molar-refractivity contribution >= 4 is 21.7 Å². The van der Waals surface area contributed by atoms with E-state index in [2.05, 4.69) is 10.1 Å². The van der Waals surface area contributed by atoms with Gasteiger partial charge in [0.2, 0.25) is 0 Å². The van der Waals surface area contributed by atoms with Gasteiger partial charge in [0.1, 0.15) is 6.04 Å². The summed E-state index contributed by atoms with van der Waals surface area (Å²) in [5, 5.41) is 2.61. The zero-order valence-electron chi connectivity index (χ0n) is 13.1. The molecule has 0 unspecified atom stereocenters. The van der Waals surface area contributed by atoms with Crippen LogP contribution in [-0.4, -0.2) is 39.7 Å². The fraction of sp³-hybridized carbons (Fsp3) is 0.467. The van der Waals surface area contributed by atoms with Crippen molar-refractivity contribution < 1.29 is 22.7 Å². The molecule has 1 aromatic carbocycles. The summed E-state index contributed by atoms with van der Waals surface area (Å²) >= 11 is 0. The van der Waals surface area contributed by atoms with Crippen molar-refractivity contribution in [3.05, 3.63) is 29.8 Å². The van der Waals surface area contributed by atoms with E-state index in [9.17, 15) is 18.0 Å². The molecule has 22 heavy (non-hydrogen) atoms. The molecule has 0 radical (unpaired) electrons. The maximum absolute atomic E-state index is 12.1. The highest BCUT2D eigenvalue weighted by Crippen LogP contribution is 2.12. The SMILES string of the molecule is COC(=O)[C@H](CC(C)C)NC(=O)c1ccc(S(C)(=O)=O)cc1. The summed E-state index contributed by atoms with van der Waals surface area (Å²) in [6.07, 6.45) is 1.55. The Bertz CT molecular complexity index is 634. The monoisotopic (exact) mass is 327 g/mol. The second-order valence-electron chi connectivity index (χ2n) is 5.48. The van der Waals surface area contributed by atoms with Gasteiger partial charge in [0, 0.05) is 11.8 Å². The zero-order chi connectivity index (χ0) is 16.9. The minimum Gasteiger partial charge on any atom is -0.467 e. The third-order valence-electron chi connectivity index (χ3n) is 3.04. The molecule has 0 aliphatic heterocycles. The molecule has 0 aliphatic carbocycles. The average Bonchev–Trinajstić information content (AvgIpc) is 2.44. The number of hydrogen-bond donors (Lipinski definition) is 1. The summed E-state index contributed by atoms with van der Waals surface area (Å²) in [6.45, 7) is 3.87. The molecule has 0 fully saturated rings. The average molecular weight is 327 g/mol. The molecule has 1 N–H and O–H groups in total. The van der Waals surface area contributed by atoms with Crippen LogP contribution in [0.15, 0.2) is 29.2 Å². The summed E-state index contributed by atoms with van der Waals surface area (Å²) in [5.74, 6) is -0.747. The van der Waals surface area contributed by atoms with Crippen molar-refractivity contribution in [3.8, 4) is 0 Å². The van der Waals surface area contributed by atoms with Crippen molar-refractivity contribution in [2.45, 2.75) is 31.2 Å². The second kappa shape index (κ2) is 7.40. The Morgan fingerprint density at radius 2 is 1.73 bits per heavy atom. The van der Waals surface area contributed by atoms with Gasteiger partial charge in [-0.1, -0.05) is 13.8 Å². The first kappa shape index (κ1) is 18.2. The highest BCUT2D eigenvalue weighted by molar-refractivity contribution is 7.90. The van der Waals surface area contributed by atoms with Crippen LogP contribution >= 0.6 is 0 Å². The van der Waals surface area contributed by atoms with Gasteiger partial charge in [-0.2, -0.15) is 0 Å². The van der Waals surface area contributed by atoms with Crippen LogP contribution < -0.4 is 5.32 Å². The molecule has 0 saturated carbocycles. The van der Waals surface area contributed by atoms with E-state index in [-0.39, 0.29) is 16.4 Å². The summed E-state index contributed by atoms with van der Waals surface area (Å²) < 4.78 is 27.4. The second-order valence-corrected chi connectivity index (χ2v) is 7.49. The number of ether oxygens (including phenoxy) is 1.